The maximum Gasteiger partial charge on any atom is 0.416 e. The van der Waals surface area contributed by atoms with Gasteiger partial charge < -0.3 is 10.2 Å². The van der Waals surface area contributed by atoms with Crippen LogP contribution in [0.5, 0.6) is 0 Å². The third-order valence-electron chi connectivity index (χ3n) is 4.53. The lowest BCUT2D eigenvalue weighted by atomic mass is 10.1. The highest BCUT2D eigenvalue weighted by molar-refractivity contribution is 5.93. The van der Waals surface area contributed by atoms with Crippen LogP contribution in [0.1, 0.15) is 35.4 Å². The van der Waals surface area contributed by atoms with E-state index in [4.69, 9.17) is 0 Å². The number of amides is 1. The number of aryl methyl sites for hydroxylation is 2. The first-order valence-electron chi connectivity index (χ1n) is 8.80. The monoisotopic (exact) mass is 378 g/mol. The molecule has 1 N–H and O–H groups in total. The molecule has 0 aliphatic carbocycles. The molecular weight excluding hydrogens is 357 g/mol. The third-order valence-corrected chi connectivity index (χ3v) is 4.53. The van der Waals surface area contributed by atoms with Crippen molar-refractivity contribution < 1.29 is 18.0 Å². The van der Waals surface area contributed by atoms with Crippen LogP contribution in [0.4, 0.5) is 24.8 Å². The van der Waals surface area contributed by atoms with Crippen molar-refractivity contribution in [3.63, 3.8) is 0 Å². The summed E-state index contributed by atoms with van der Waals surface area (Å²) in [5, 5.41) is 2.74. The first kappa shape index (κ1) is 19.1. The second-order valence-electron chi connectivity index (χ2n) is 6.69. The van der Waals surface area contributed by atoms with Gasteiger partial charge >= 0.3 is 6.18 Å². The van der Waals surface area contributed by atoms with Crippen molar-refractivity contribution in [2.45, 2.75) is 39.3 Å². The van der Waals surface area contributed by atoms with E-state index in [-0.39, 0.29) is 6.42 Å². The lowest BCUT2D eigenvalue weighted by Crippen LogP contribution is -2.23. The summed E-state index contributed by atoms with van der Waals surface area (Å²) in [6.07, 6.45) is -2.37. The number of nitrogens with one attached hydrogen (secondary N) is 1. The molecule has 2 aromatic rings. The van der Waals surface area contributed by atoms with Crippen LogP contribution < -0.4 is 10.2 Å². The minimum Gasteiger partial charge on any atom is -0.341 e. The summed E-state index contributed by atoms with van der Waals surface area (Å²) in [5.74, 6) is 0.247. The molecule has 2 heterocycles. The van der Waals surface area contributed by atoms with E-state index in [1.165, 1.54) is 12.1 Å². The topological polar surface area (TPSA) is 58.1 Å². The molecule has 27 heavy (non-hydrogen) atoms. The van der Waals surface area contributed by atoms with E-state index in [1.807, 2.05) is 0 Å². The van der Waals surface area contributed by atoms with Crippen LogP contribution in [0.3, 0.4) is 0 Å². The van der Waals surface area contributed by atoms with Gasteiger partial charge in [-0.3, -0.25) is 4.79 Å². The van der Waals surface area contributed by atoms with Gasteiger partial charge in [-0.2, -0.15) is 13.2 Å². The highest BCUT2D eigenvalue weighted by atomic mass is 19.4. The number of alkyl halides is 3. The fourth-order valence-corrected chi connectivity index (χ4v) is 3.16. The number of rotatable bonds is 4. The summed E-state index contributed by atoms with van der Waals surface area (Å²) in [5.41, 5.74) is 1.32. The van der Waals surface area contributed by atoms with Gasteiger partial charge in [-0.15, -0.1) is 0 Å². The standard InChI is InChI=1S/C19H21F3N4O/c1-12-17(13(2)24-18(23-12)26-8-3-4-9-26)25-16(27)11-14-6-5-7-15(10-14)19(20,21)22/h5-7,10H,3-4,8-9,11H2,1-2H3,(H,25,27). The molecule has 1 aliphatic heterocycles. The average Bonchev–Trinajstić information content (AvgIpc) is 3.12. The van der Waals surface area contributed by atoms with Crippen molar-refractivity contribution in [3.05, 3.63) is 46.8 Å². The van der Waals surface area contributed by atoms with Crippen LogP contribution in [-0.2, 0) is 17.4 Å². The van der Waals surface area contributed by atoms with Crippen LogP contribution in [0, 0.1) is 13.8 Å². The predicted octanol–water partition coefficient (Wildman–Crippen LogP) is 3.89. The van der Waals surface area contributed by atoms with Gasteiger partial charge in [-0.1, -0.05) is 18.2 Å². The zero-order valence-corrected chi connectivity index (χ0v) is 15.2. The molecular formula is C19H21F3N4O. The summed E-state index contributed by atoms with van der Waals surface area (Å²) in [6.45, 7) is 5.41. The van der Waals surface area contributed by atoms with Crippen molar-refractivity contribution >= 4 is 17.5 Å². The Hall–Kier alpha value is -2.64. The number of carbonyl (C=O) groups is 1. The molecule has 144 valence electrons. The van der Waals surface area contributed by atoms with Gasteiger partial charge in [0.05, 0.1) is 29.1 Å². The Morgan fingerprint density at radius 1 is 1.15 bits per heavy atom. The number of carbonyl (C=O) groups excluding carboxylic acids is 1. The van der Waals surface area contributed by atoms with Crippen molar-refractivity contribution in [1.29, 1.82) is 0 Å². The highest BCUT2D eigenvalue weighted by Crippen LogP contribution is 2.30. The van der Waals surface area contributed by atoms with E-state index in [0.717, 1.165) is 38.1 Å². The van der Waals surface area contributed by atoms with Gasteiger partial charge in [-0.05, 0) is 38.3 Å². The smallest absolute Gasteiger partial charge is 0.341 e. The largest absolute Gasteiger partial charge is 0.416 e. The van der Waals surface area contributed by atoms with Crippen LogP contribution in [0.2, 0.25) is 0 Å². The number of hydrogen-bond acceptors (Lipinski definition) is 4. The van der Waals surface area contributed by atoms with Crippen LogP contribution in [0.25, 0.3) is 0 Å². The van der Waals surface area contributed by atoms with E-state index >= 15 is 0 Å². The summed E-state index contributed by atoms with van der Waals surface area (Å²) in [4.78, 5) is 23.4. The number of benzene rings is 1. The molecule has 0 bridgehead atoms. The molecule has 5 nitrogen and oxygen atoms in total. The molecule has 0 saturated carbocycles. The summed E-state index contributed by atoms with van der Waals surface area (Å²) >= 11 is 0. The molecule has 1 aliphatic rings. The second-order valence-corrected chi connectivity index (χ2v) is 6.69. The minimum absolute atomic E-state index is 0.156. The second kappa shape index (κ2) is 7.54. The molecule has 1 fully saturated rings. The van der Waals surface area contributed by atoms with Crippen LogP contribution >= 0.6 is 0 Å². The number of anilines is 2. The molecule has 0 unspecified atom stereocenters. The average molecular weight is 378 g/mol. The Morgan fingerprint density at radius 3 is 2.37 bits per heavy atom. The first-order chi connectivity index (χ1) is 12.7. The van der Waals surface area contributed by atoms with E-state index in [2.05, 4.69) is 20.2 Å². The van der Waals surface area contributed by atoms with Crippen molar-refractivity contribution in [2.75, 3.05) is 23.3 Å². The molecule has 0 spiro atoms. The zero-order valence-electron chi connectivity index (χ0n) is 15.2. The van der Waals surface area contributed by atoms with Crippen LogP contribution in [-0.4, -0.2) is 29.0 Å². The number of nitrogens with zero attached hydrogens (tertiary/aromatic N) is 3. The Kier molecular flexibility index (Phi) is 5.34. The molecule has 0 radical (unpaired) electrons. The predicted molar refractivity (Wildman–Crippen MR) is 96.7 cm³/mol. The van der Waals surface area contributed by atoms with E-state index in [0.29, 0.717) is 28.6 Å². The summed E-state index contributed by atoms with van der Waals surface area (Å²) in [7, 11) is 0. The SMILES string of the molecule is Cc1nc(N2CCCC2)nc(C)c1NC(=O)Cc1cccc(C(F)(F)F)c1. The zero-order chi connectivity index (χ0) is 19.6. The van der Waals surface area contributed by atoms with Gasteiger partial charge in [0.2, 0.25) is 11.9 Å². The molecule has 1 aromatic heterocycles. The Morgan fingerprint density at radius 2 is 1.78 bits per heavy atom. The van der Waals surface area contributed by atoms with Crippen molar-refractivity contribution in [1.82, 2.24) is 9.97 Å². The van der Waals surface area contributed by atoms with Gasteiger partial charge in [0.1, 0.15) is 0 Å². The number of aromatic nitrogens is 2. The Labute approximate surface area is 155 Å². The van der Waals surface area contributed by atoms with Crippen LogP contribution in [0.15, 0.2) is 24.3 Å². The molecule has 1 aromatic carbocycles. The van der Waals surface area contributed by atoms with Gasteiger partial charge in [0, 0.05) is 13.1 Å². The Bertz CT molecular complexity index is 822. The summed E-state index contributed by atoms with van der Waals surface area (Å²) in [6, 6.07) is 4.78. The lowest BCUT2D eigenvalue weighted by molar-refractivity contribution is -0.137. The third kappa shape index (κ3) is 4.56. The maximum atomic E-state index is 12.8. The summed E-state index contributed by atoms with van der Waals surface area (Å²) < 4.78 is 38.4. The lowest BCUT2D eigenvalue weighted by Gasteiger charge is -2.18. The molecule has 0 atom stereocenters. The fourth-order valence-electron chi connectivity index (χ4n) is 3.16. The molecule has 1 amide bonds. The molecule has 3 rings (SSSR count). The first-order valence-corrected chi connectivity index (χ1v) is 8.80. The quantitative estimate of drug-likeness (QED) is 0.877. The van der Waals surface area contributed by atoms with E-state index in [9.17, 15) is 18.0 Å². The van der Waals surface area contributed by atoms with Crippen molar-refractivity contribution in [3.8, 4) is 0 Å². The van der Waals surface area contributed by atoms with Gasteiger partial charge in [0.15, 0.2) is 0 Å². The van der Waals surface area contributed by atoms with Gasteiger partial charge in [0.25, 0.3) is 0 Å². The molecule has 8 heteroatoms. The Balaban J connectivity index is 1.72. The van der Waals surface area contributed by atoms with Crippen molar-refractivity contribution in [2.24, 2.45) is 0 Å². The number of halogens is 3. The number of hydrogen-bond donors (Lipinski definition) is 1. The molecule has 1 saturated heterocycles. The maximum absolute atomic E-state index is 12.8. The highest BCUT2D eigenvalue weighted by Gasteiger charge is 2.30. The van der Waals surface area contributed by atoms with E-state index in [1.54, 1.807) is 13.8 Å². The van der Waals surface area contributed by atoms with E-state index < -0.39 is 17.6 Å². The van der Waals surface area contributed by atoms with Gasteiger partial charge in [-0.25, -0.2) is 9.97 Å². The fraction of sp³-hybridized carbons (Fsp3) is 0.421. The minimum atomic E-state index is -4.43. The normalized spacial score (nSPS) is 14.5.